The first-order valence-corrected chi connectivity index (χ1v) is 8.73. The van der Waals surface area contributed by atoms with Crippen LogP contribution in [-0.4, -0.2) is 10.9 Å². The number of nitrogens with zero attached hydrogens (tertiary/aromatic N) is 1. The fourth-order valence-corrected chi connectivity index (χ4v) is 4.08. The topological polar surface area (TPSA) is 42.0 Å². The Morgan fingerprint density at radius 3 is 2.70 bits per heavy atom. The zero-order valence-corrected chi connectivity index (χ0v) is 14.9. The standard InChI is InChI=1S/C17H14Cl2N2OS/c1-3-10-9(2)20-13-7-5-4-6-11(13)15(10)21-17(22)12-8-14(18)23-16(12)19/h4-8H,3H2,1-2H3,(H,20,21,22). The second-order valence-electron chi connectivity index (χ2n) is 5.11. The van der Waals surface area contributed by atoms with E-state index < -0.39 is 0 Å². The second kappa shape index (κ2) is 6.48. The number of para-hydroxylation sites is 1. The van der Waals surface area contributed by atoms with Crippen molar-refractivity contribution in [3.63, 3.8) is 0 Å². The van der Waals surface area contributed by atoms with Crippen molar-refractivity contribution in [2.45, 2.75) is 20.3 Å². The summed E-state index contributed by atoms with van der Waals surface area (Å²) in [5.74, 6) is -0.261. The molecule has 3 aromatic rings. The lowest BCUT2D eigenvalue weighted by Crippen LogP contribution is -2.14. The van der Waals surface area contributed by atoms with E-state index in [2.05, 4.69) is 10.3 Å². The number of halogens is 2. The first-order valence-electron chi connectivity index (χ1n) is 7.15. The van der Waals surface area contributed by atoms with Gasteiger partial charge in [0, 0.05) is 11.1 Å². The molecule has 0 spiro atoms. The molecule has 3 nitrogen and oxygen atoms in total. The van der Waals surface area contributed by atoms with Gasteiger partial charge in [0.1, 0.15) is 4.34 Å². The number of carbonyl (C=O) groups is 1. The van der Waals surface area contributed by atoms with Crippen molar-refractivity contribution in [1.82, 2.24) is 4.98 Å². The van der Waals surface area contributed by atoms with Crippen molar-refractivity contribution in [3.8, 4) is 0 Å². The maximum absolute atomic E-state index is 12.6. The van der Waals surface area contributed by atoms with Crippen molar-refractivity contribution >= 4 is 57.0 Å². The van der Waals surface area contributed by atoms with Gasteiger partial charge in [0.25, 0.3) is 5.91 Å². The molecule has 1 N–H and O–H groups in total. The van der Waals surface area contributed by atoms with E-state index in [-0.39, 0.29) is 5.91 Å². The molecule has 2 aromatic heterocycles. The largest absolute Gasteiger partial charge is 0.321 e. The molecule has 0 fully saturated rings. The molecule has 118 valence electrons. The van der Waals surface area contributed by atoms with Gasteiger partial charge in [-0.25, -0.2) is 0 Å². The summed E-state index contributed by atoms with van der Waals surface area (Å²) in [6.45, 7) is 4.00. The molecule has 0 saturated carbocycles. The predicted molar refractivity (Wildman–Crippen MR) is 98.2 cm³/mol. The number of anilines is 1. The molecule has 0 aliphatic carbocycles. The molecule has 0 bridgehead atoms. The van der Waals surface area contributed by atoms with Gasteiger partial charge in [0.15, 0.2) is 0 Å². The third-order valence-electron chi connectivity index (χ3n) is 3.69. The van der Waals surface area contributed by atoms with Crippen molar-refractivity contribution in [2.75, 3.05) is 5.32 Å². The minimum atomic E-state index is -0.261. The number of benzene rings is 1. The van der Waals surface area contributed by atoms with Gasteiger partial charge in [0.2, 0.25) is 0 Å². The van der Waals surface area contributed by atoms with Gasteiger partial charge in [-0.05, 0) is 31.0 Å². The Morgan fingerprint density at radius 2 is 2.04 bits per heavy atom. The summed E-state index contributed by atoms with van der Waals surface area (Å²) >= 11 is 13.2. The number of hydrogen-bond donors (Lipinski definition) is 1. The third-order valence-corrected chi connectivity index (χ3v) is 5.18. The van der Waals surface area contributed by atoms with Crippen molar-refractivity contribution in [3.05, 3.63) is 55.8 Å². The Kier molecular flexibility index (Phi) is 4.57. The molecule has 0 aliphatic heterocycles. The van der Waals surface area contributed by atoms with Crippen LogP contribution >= 0.6 is 34.5 Å². The van der Waals surface area contributed by atoms with E-state index in [1.807, 2.05) is 38.1 Å². The van der Waals surface area contributed by atoms with Crippen molar-refractivity contribution < 1.29 is 4.79 Å². The number of nitrogens with one attached hydrogen (secondary N) is 1. The van der Waals surface area contributed by atoms with Gasteiger partial charge >= 0.3 is 0 Å². The van der Waals surface area contributed by atoms with Crippen LogP contribution in [0.25, 0.3) is 10.9 Å². The van der Waals surface area contributed by atoms with Gasteiger partial charge in [0.05, 0.1) is 21.1 Å². The highest BCUT2D eigenvalue weighted by atomic mass is 35.5. The summed E-state index contributed by atoms with van der Waals surface area (Å²) in [5.41, 5.74) is 3.97. The monoisotopic (exact) mass is 364 g/mol. The van der Waals surface area contributed by atoms with Crippen LogP contribution in [0.2, 0.25) is 8.67 Å². The van der Waals surface area contributed by atoms with E-state index in [0.29, 0.717) is 14.2 Å². The van der Waals surface area contributed by atoms with Gasteiger partial charge in [-0.2, -0.15) is 0 Å². The van der Waals surface area contributed by atoms with Gasteiger partial charge in [-0.1, -0.05) is 48.3 Å². The Labute approximate surface area is 148 Å². The Hall–Kier alpha value is -1.62. The number of aromatic nitrogens is 1. The van der Waals surface area contributed by atoms with Crippen LogP contribution in [0.15, 0.2) is 30.3 Å². The molecule has 0 aliphatic rings. The van der Waals surface area contributed by atoms with Crippen molar-refractivity contribution in [1.29, 1.82) is 0 Å². The predicted octanol–water partition coefficient (Wildman–Crippen LogP) is 5.73. The van der Waals surface area contributed by atoms with E-state index in [4.69, 9.17) is 23.2 Å². The average molecular weight is 365 g/mol. The van der Waals surface area contributed by atoms with Crippen LogP contribution in [0.4, 0.5) is 5.69 Å². The van der Waals surface area contributed by atoms with E-state index in [9.17, 15) is 4.79 Å². The minimum absolute atomic E-state index is 0.261. The zero-order valence-electron chi connectivity index (χ0n) is 12.6. The fraction of sp³-hybridized carbons (Fsp3) is 0.176. The normalized spacial score (nSPS) is 11.0. The van der Waals surface area contributed by atoms with E-state index in [1.54, 1.807) is 6.07 Å². The van der Waals surface area contributed by atoms with Gasteiger partial charge in [-0.15, -0.1) is 11.3 Å². The van der Waals surface area contributed by atoms with Crippen LogP contribution < -0.4 is 5.32 Å². The van der Waals surface area contributed by atoms with Gasteiger partial charge < -0.3 is 5.32 Å². The molecule has 3 rings (SSSR count). The smallest absolute Gasteiger partial charge is 0.258 e. The first-order chi connectivity index (χ1) is 11.0. The third kappa shape index (κ3) is 3.07. The molecular formula is C17H14Cl2N2OS. The maximum atomic E-state index is 12.6. The van der Waals surface area contributed by atoms with Crippen LogP contribution in [0.3, 0.4) is 0 Å². The van der Waals surface area contributed by atoms with Crippen LogP contribution in [0.5, 0.6) is 0 Å². The number of amides is 1. The molecule has 0 atom stereocenters. The molecule has 0 unspecified atom stereocenters. The molecule has 23 heavy (non-hydrogen) atoms. The van der Waals surface area contributed by atoms with Crippen LogP contribution in [0.1, 0.15) is 28.5 Å². The molecule has 0 saturated heterocycles. The number of hydrogen-bond acceptors (Lipinski definition) is 3. The Balaban J connectivity index is 2.11. The SMILES string of the molecule is CCc1c(C)nc2ccccc2c1NC(=O)c1cc(Cl)sc1Cl. The maximum Gasteiger partial charge on any atom is 0.258 e. The second-order valence-corrected chi connectivity index (χ2v) is 7.40. The van der Waals surface area contributed by atoms with Crippen molar-refractivity contribution in [2.24, 2.45) is 0 Å². The number of pyridine rings is 1. The van der Waals surface area contributed by atoms with Crippen LogP contribution in [-0.2, 0) is 6.42 Å². The van der Waals surface area contributed by atoms with E-state index >= 15 is 0 Å². The van der Waals surface area contributed by atoms with Crippen LogP contribution in [0, 0.1) is 6.92 Å². The number of fused-ring (bicyclic) bond motifs is 1. The fourth-order valence-electron chi connectivity index (χ4n) is 2.63. The first kappa shape index (κ1) is 16.2. The zero-order chi connectivity index (χ0) is 16.6. The highest BCUT2D eigenvalue weighted by molar-refractivity contribution is 7.20. The van der Waals surface area contributed by atoms with E-state index in [0.717, 1.165) is 34.3 Å². The molecule has 1 aromatic carbocycles. The Bertz CT molecular complexity index is 905. The lowest BCUT2D eigenvalue weighted by Gasteiger charge is -2.15. The summed E-state index contributed by atoms with van der Waals surface area (Å²) in [5, 5.41) is 3.92. The summed E-state index contributed by atoms with van der Waals surface area (Å²) < 4.78 is 0.882. The lowest BCUT2D eigenvalue weighted by molar-refractivity contribution is 0.102. The van der Waals surface area contributed by atoms with Gasteiger partial charge in [-0.3, -0.25) is 9.78 Å². The average Bonchev–Trinajstić information content (AvgIpc) is 2.86. The molecule has 0 radical (unpaired) electrons. The number of rotatable bonds is 3. The van der Waals surface area contributed by atoms with E-state index in [1.165, 1.54) is 11.3 Å². The molecule has 2 heterocycles. The summed E-state index contributed by atoms with van der Waals surface area (Å²) in [4.78, 5) is 17.2. The Morgan fingerprint density at radius 1 is 1.30 bits per heavy atom. The number of carbonyl (C=O) groups excluding carboxylic acids is 1. The summed E-state index contributed by atoms with van der Waals surface area (Å²) in [7, 11) is 0. The molecule has 1 amide bonds. The lowest BCUT2D eigenvalue weighted by atomic mass is 10.0. The summed E-state index contributed by atoms with van der Waals surface area (Å²) in [6, 6.07) is 9.35. The quantitative estimate of drug-likeness (QED) is 0.644. The summed E-state index contributed by atoms with van der Waals surface area (Å²) in [6.07, 6.45) is 0.775. The highest BCUT2D eigenvalue weighted by Crippen LogP contribution is 2.33. The highest BCUT2D eigenvalue weighted by Gasteiger charge is 2.18. The molecular weight excluding hydrogens is 351 g/mol. The molecule has 6 heteroatoms. The number of thiophene rings is 1. The number of aryl methyl sites for hydroxylation is 1. The minimum Gasteiger partial charge on any atom is -0.321 e.